The van der Waals surface area contributed by atoms with Gasteiger partial charge in [-0.25, -0.2) is 4.79 Å². The molecule has 3 rings (SSSR count). The summed E-state index contributed by atoms with van der Waals surface area (Å²) >= 11 is 0. The van der Waals surface area contributed by atoms with Gasteiger partial charge in [0.15, 0.2) is 5.75 Å². The third kappa shape index (κ3) is 4.23. The van der Waals surface area contributed by atoms with Gasteiger partial charge in [-0.3, -0.25) is 4.79 Å². The van der Waals surface area contributed by atoms with Crippen LogP contribution in [-0.2, 0) is 10.9 Å². The van der Waals surface area contributed by atoms with Crippen molar-refractivity contribution in [2.45, 2.75) is 12.8 Å². The fourth-order valence-electron chi connectivity index (χ4n) is 2.60. The topological polar surface area (TPSA) is 43.4 Å². The van der Waals surface area contributed by atoms with E-state index in [0.29, 0.717) is 22.6 Å². The van der Waals surface area contributed by atoms with E-state index in [-0.39, 0.29) is 16.7 Å². The molecule has 1 aliphatic heterocycles. The number of benzene rings is 2. The van der Waals surface area contributed by atoms with Crippen LogP contribution in [0.1, 0.15) is 33.6 Å². The monoisotopic (exact) mass is 327 g/mol. The van der Waals surface area contributed by atoms with Crippen LogP contribution in [0.3, 0.4) is 0 Å². The predicted molar refractivity (Wildman–Crippen MR) is 93.4 cm³/mol. The van der Waals surface area contributed by atoms with E-state index in [1.807, 2.05) is 6.07 Å². The highest BCUT2D eigenvalue weighted by molar-refractivity contribution is 7.97. The van der Waals surface area contributed by atoms with E-state index in [4.69, 9.17) is 4.74 Å². The summed E-state index contributed by atoms with van der Waals surface area (Å²) in [6.45, 7) is 0. The number of rotatable bonds is 5. The molecule has 0 spiro atoms. The smallest absolute Gasteiger partial charge is 0.343 e. The van der Waals surface area contributed by atoms with E-state index in [9.17, 15) is 9.59 Å². The molecule has 1 heterocycles. The maximum Gasteiger partial charge on any atom is 0.343 e. The first-order valence-corrected chi connectivity index (χ1v) is 9.50. The lowest BCUT2D eigenvalue weighted by Gasteiger charge is -2.06. The Morgan fingerprint density at radius 3 is 2.35 bits per heavy atom. The molecular formula is C19H19O3S+. The number of esters is 1. The Kier molecular flexibility index (Phi) is 5.13. The van der Waals surface area contributed by atoms with E-state index in [1.165, 1.54) is 24.3 Å². The third-order valence-corrected chi connectivity index (χ3v) is 6.23. The largest absolute Gasteiger partial charge is 0.423 e. The van der Waals surface area contributed by atoms with Crippen LogP contribution < -0.4 is 4.74 Å². The van der Waals surface area contributed by atoms with Crippen LogP contribution in [0.4, 0.5) is 0 Å². The van der Waals surface area contributed by atoms with Crippen LogP contribution in [0.25, 0.3) is 0 Å². The minimum atomic E-state index is -0.409. The molecule has 3 nitrogen and oxygen atoms in total. The minimum absolute atomic E-state index is 0.146. The van der Waals surface area contributed by atoms with Gasteiger partial charge in [0, 0.05) is 5.56 Å². The highest BCUT2D eigenvalue weighted by Crippen LogP contribution is 2.19. The Balaban J connectivity index is 1.67. The van der Waals surface area contributed by atoms with Crippen molar-refractivity contribution in [2.24, 2.45) is 0 Å². The molecule has 0 saturated carbocycles. The van der Waals surface area contributed by atoms with Crippen molar-refractivity contribution in [1.29, 1.82) is 0 Å². The second-order valence-electron chi connectivity index (χ2n) is 5.58. The van der Waals surface area contributed by atoms with Crippen LogP contribution in [0, 0.1) is 0 Å². The summed E-state index contributed by atoms with van der Waals surface area (Å²) in [4.78, 5) is 24.4. The van der Waals surface area contributed by atoms with E-state index in [0.717, 1.165) is 0 Å². The highest BCUT2D eigenvalue weighted by Gasteiger charge is 2.27. The Morgan fingerprint density at radius 2 is 1.61 bits per heavy atom. The maximum absolute atomic E-state index is 12.4. The first-order valence-electron chi connectivity index (χ1n) is 7.77. The van der Waals surface area contributed by atoms with Crippen molar-refractivity contribution in [1.82, 2.24) is 0 Å². The summed E-state index contributed by atoms with van der Waals surface area (Å²) in [5.41, 5.74) is 1.12. The molecule has 2 aromatic carbocycles. The van der Waals surface area contributed by atoms with Gasteiger partial charge in [0.25, 0.3) is 0 Å². The van der Waals surface area contributed by atoms with Crippen molar-refractivity contribution in [2.75, 3.05) is 17.3 Å². The van der Waals surface area contributed by atoms with Crippen molar-refractivity contribution >= 4 is 22.6 Å². The van der Waals surface area contributed by atoms with Gasteiger partial charge in [-0.15, -0.1) is 0 Å². The fraction of sp³-hybridized carbons (Fsp3) is 0.263. The Hall–Kier alpha value is -2.07. The molecular weight excluding hydrogens is 308 g/mol. The first kappa shape index (κ1) is 15.8. The standard InChI is InChI=1S/C19H19O3S/c20-18(14-23-11-4-5-12-23)16-9-6-10-17(13-16)22-19(21)15-7-2-1-3-8-15/h1-3,6-10,13H,4-5,11-12,14H2/q+1. The minimum Gasteiger partial charge on any atom is -0.423 e. The van der Waals surface area contributed by atoms with Gasteiger partial charge in [0.2, 0.25) is 5.78 Å². The summed E-state index contributed by atoms with van der Waals surface area (Å²) in [5.74, 6) is 3.12. The molecule has 0 unspecified atom stereocenters. The van der Waals surface area contributed by atoms with Gasteiger partial charge in [-0.1, -0.05) is 30.3 Å². The van der Waals surface area contributed by atoms with Crippen LogP contribution in [0.2, 0.25) is 0 Å². The van der Waals surface area contributed by atoms with Gasteiger partial charge < -0.3 is 4.74 Å². The number of Topliss-reactive ketones (excluding diaryl/α,β-unsaturated/α-hetero) is 1. The van der Waals surface area contributed by atoms with Crippen molar-refractivity contribution < 1.29 is 14.3 Å². The molecule has 1 saturated heterocycles. The second-order valence-corrected chi connectivity index (χ2v) is 7.91. The third-order valence-electron chi connectivity index (χ3n) is 3.83. The zero-order valence-corrected chi connectivity index (χ0v) is 13.7. The quantitative estimate of drug-likeness (QED) is 0.365. The van der Waals surface area contributed by atoms with E-state index < -0.39 is 5.97 Å². The molecule has 2 aromatic rings. The average Bonchev–Trinajstić information content (AvgIpc) is 3.09. The van der Waals surface area contributed by atoms with Gasteiger partial charge >= 0.3 is 5.97 Å². The lowest BCUT2D eigenvalue weighted by atomic mass is 10.1. The predicted octanol–water partition coefficient (Wildman–Crippen LogP) is 3.50. The number of carbonyl (C=O) groups excluding carboxylic acids is 2. The number of ether oxygens (including phenoxy) is 1. The maximum atomic E-state index is 12.4. The number of ketones is 1. The molecule has 0 amide bonds. The van der Waals surface area contributed by atoms with Gasteiger partial charge in [-0.05, 0) is 48.0 Å². The van der Waals surface area contributed by atoms with Crippen molar-refractivity contribution in [3.63, 3.8) is 0 Å². The SMILES string of the molecule is O=C(C[S+]1CCCC1)c1cccc(OC(=O)c2ccccc2)c1. The normalized spacial score (nSPS) is 14.6. The molecule has 0 atom stereocenters. The van der Waals surface area contributed by atoms with E-state index >= 15 is 0 Å². The molecule has 23 heavy (non-hydrogen) atoms. The molecule has 0 bridgehead atoms. The Bertz CT molecular complexity index is 691. The molecule has 0 N–H and O–H groups in total. The Labute approximate surface area is 139 Å². The molecule has 4 heteroatoms. The van der Waals surface area contributed by atoms with Crippen LogP contribution >= 0.6 is 0 Å². The average molecular weight is 327 g/mol. The van der Waals surface area contributed by atoms with Gasteiger partial charge in [0.05, 0.1) is 5.56 Å². The lowest BCUT2D eigenvalue weighted by molar-refractivity contribution is 0.0733. The summed E-state index contributed by atoms with van der Waals surface area (Å²) in [5, 5.41) is 0. The lowest BCUT2D eigenvalue weighted by Crippen LogP contribution is -2.18. The van der Waals surface area contributed by atoms with Crippen molar-refractivity contribution in [3.05, 3.63) is 65.7 Å². The molecule has 0 aliphatic carbocycles. The highest BCUT2D eigenvalue weighted by atomic mass is 32.2. The Morgan fingerprint density at radius 1 is 0.913 bits per heavy atom. The van der Waals surface area contributed by atoms with Crippen molar-refractivity contribution in [3.8, 4) is 5.75 Å². The number of hydrogen-bond donors (Lipinski definition) is 0. The number of carbonyl (C=O) groups is 2. The first-order chi connectivity index (χ1) is 11.2. The fourth-order valence-corrected chi connectivity index (χ4v) is 4.86. The zero-order valence-electron chi connectivity index (χ0n) is 12.9. The molecule has 118 valence electrons. The molecule has 0 radical (unpaired) electrons. The van der Waals surface area contributed by atoms with E-state index in [1.54, 1.807) is 48.5 Å². The molecule has 1 aliphatic rings. The molecule has 1 fully saturated rings. The number of hydrogen-bond acceptors (Lipinski definition) is 3. The van der Waals surface area contributed by atoms with Gasteiger partial charge in [0.1, 0.15) is 17.3 Å². The summed E-state index contributed by atoms with van der Waals surface area (Å²) in [7, 11) is 0.238. The summed E-state index contributed by atoms with van der Waals surface area (Å²) in [6.07, 6.45) is 2.48. The summed E-state index contributed by atoms with van der Waals surface area (Å²) < 4.78 is 5.37. The second kappa shape index (κ2) is 7.47. The molecule has 0 aromatic heterocycles. The zero-order chi connectivity index (χ0) is 16.1. The van der Waals surface area contributed by atoms with Crippen LogP contribution in [0.15, 0.2) is 54.6 Å². The van der Waals surface area contributed by atoms with Gasteiger partial charge in [-0.2, -0.15) is 0 Å². The summed E-state index contributed by atoms with van der Waals surface area (Å²) in [6, 6.07) is 15.8. The van der Waals surface area contributed by atoms with E-state index in [2.05, 4.69) is 0 Å². The van der Waals surface area contributed by atoms with Crippen LogP contribution in [0.5, 0.6) is 5.75 Å². The van der Waals surface area contributed by atoms with Crippen LogP contribution in [-0.4, -0.2) is 29.0 Å².